The number of H-pyrrole nitrogens is 1. The Labute approximate surface area is 118 Å². The van der Waals surface area contributed by atoms with Crippen LogP contribution >= 0.6 is 11.8 Å². The number of nitrogens with zero attached hydrogens (tertiary/aromatic N) is 2. The van der Waals surface area contributed by atoms with Crippen molar-refractivity contribution < 1.29 is 0 Å². The Morgan fingerprint density at radius 1 is 1.42 bits per heavy atom. The molecule has 6 heteroatoms. The van der Waals surface area contributed by atoms with Crippen LogP contribution in [0.3, 0.4) is 0 Å². The Kier molecular flexibility index (Phi) is 5.51. The number of nitrogens with one attached hydrogen (secondary N) is 2. The van der Waals surface area contributed by atoms with Crippen LogP contribution in [0.25, 0.3) is 0 Å². The lowest BCUT2D eigenvalue weighted by atomic mass is 9.95. The molecule has 2 atom stereocenters. The first kappa shape index (κ1) is 14.7. The van der Waals surface area contributed by atoms with Crippen LogP contribution < -0.4 is 11.0 Å². The Hall–Kier alpha value is -0.750. The second-order valence-corrected chi connectivity index (χ2v) is 6.27. The molecule has 0 saturated heterocycles. The van der Waals surface area contributed by atoms with Crippen LogP contribution in [-0.4, -0.2) is 32.6 Å². The quantitative estimate of drug-likeness (QED) is 0.838. The van der Waals surface area contributed by atoms with Gasteiger partial charge in [-0.25, -0.2) is 9.89 Å². The lowest BCUT2D eigenvalue weighted by molar-refractivity contribution is 0.390. The molecule has 1 aromatic heterocycles. The van der Waals surface area contributed by atoms with Crippen molar-refractivity contribution in [3.05, 3.63) is 10.5 Å². The number of rotatable bonds is 6. The predicted octanol–water partition coefficient (Wildman–Crippen LogP) is 1.99. The summed E-state index contributed by atoms with van der Waals surface area (Å²) in [5.74, 6) is 0. The van der Waals surface area contributed by atoms with Crippen molar-refractivity contribution in [2.24, 2.45) is 0 Å². The Morgan fingerprint density at radius 2 is 2.21 bits per heavy atom. The summed E-state index contributed by atoms with van der Waals surface area (Å²) in [5.41, 5.74) is -0.0832. The SMILES string of the molecule is CCCn1c(SC2CCCCC2NCC)n[nH]c1=O. The molecule has 1 fully saturated rings. The van der Waals surface area contributed by atoms with Gasteiger partial charge in [0, 0.05) is 17.8 Å². The van der Waals surface area contributed by atoms with Gasteiger partial charge in [-0.3, -0.25) is 4.57 Å². The molecule has 19 heavy (non-hydrogen) atoms. The van der Waals surface area contributed by atoms with Crippen LogP contribution in [0, 0.1) is 0 Å². The summed E-state index contributed by atoms with van der Waals surface area (Å²) in [6.07, 6.45) is 5.97. The van der Waals surface area contributed by atoms with E-state index in [0.717, 1.165) is 24.7 Å². The van der Waals surface area contributed by atoms with Crippen molar-refractivity contribution in [1.29, 1.82) is 0 Å². The van der Waals surface area contributed by atoms with Crippen LogP contribution in [0.1, 0.15) is 46.0 Å². The molecule has 0 spiro atoms. The van der Waals surface area contributed by atoms with Crippen molar-refractivity contribution in [2.75, 3.05) is 6.54 Å². The summed E-state index contributed by atoms with van der Waals surface area (Å²) >= 11 is 1.76. The molecule has 2 N–H and O–H groups in total. The van der Waals surface area contributed by atoms with E-state index in [1.54, 1.807) is 16.3 Å². The van der Waals surface area contributed by atoms with Gasteiger partial charge in [-0.2, -0.15) is 0 Å². The third-order valence-corrected chi connectivity index (χ3v) is 4.99. The third-order valence-electron chi connectivity index (χ3n) is 3.60. The molecule has 0 aromatic carbocycles. The predicted molar refractivity (Wildman–Crippen MR) is 78.7 cm³/mol. The van der Waals surface area contributed by atoms with E-state index in [2.05, 4.69) is 29.4 Å². The van der Waals surface area contributed by atoms with E-state index < -0.39 is 0 Å². The highest BCUT2D eigenvalue weighted by Gasteiger charge is 2.27. The molecule has 0 aliphatic heterocycles. The average molecular weight is 284 g/mol. The minimum absolute atomic E-state index is 0.0832. The topological polar surface area (TPSA) is 62.7 Å². The lowest BCUT2D eigenvalue weighted by Gasteiger charge is -2.31. The van der Waals surface area contributed by atoms with Gasteiger partial charge in [0.05, 0.1) is 0 Å². The van der Waals surface area contributed by atoms with Gasteiger partial charge in [-0.05, 0) is 25.8 Å². The minimum atomic E-state index is -0.0832. The van der Waals surface area contributed by atoms with E-state index in [4.69, 9.17) is 0 Å². The van der Waals surface area contributed by atoms with Crippen molar-refractivity contribution in [3.8, 4) is 0 Å². The van der Waals surface area contributed by atoms with Crippen LogP contribution in [0.2, 0.25) is 0 Å². The smallest absolute Gasteiger partial charge is 0.313 e. The largest absolute Gasteiger partial charge is 0.343 e. The third kappa shape index (κ3) is 3.63. The number of aromatic amines is 1. The summed E-state index contributed by atoms with van der Waals surface area (Å²) in [6, 6.07) is 0.547. The zero-order valence-electron chi connectivity index (χ0n) is 11.8. The fraction of sp³-hybridized carbons (Fsp3) is 0.846. The highest BCUT2D eigenvalue weighted by molar-refractivity contribution is 7.99. The normalized spacial score (nSPS) is 23.7. The molecule has 0 bridgehead atoms. The molecule has 0 radical (unpaired) electrons. The molecule has 1 saturated carbocycles. The van der Waals surface area contributed by atoms with E-state index in [9.17, 15) is 4.79 Å². The number of hydrogen-bond donors (Lipinski definition) is 2. The molecular weight excluding hydrogens is 260 g/mol. The maximum Gasteiger partial charge on any atom is 0.343 e. The maximum absolute atomic E-state index is 11.7. The Bertz CT molecular complexity index is 440. The van der Waals surface area contributed by atoms with Gasteiger partial charge in [0.2, 0.25) is 0 Å². The second-order valence-electron chi connectivity index (χ2n) is 5.07. The molecular formula is C13H24N4OS. The van der Waals surface area contributed by atoms with E-state index in [-0.39, 0.29) is 5.69 Å². The van der Waals surface area contributed by atoms with Gasteiger partial charge in [0.1, 0.15) is 0 Å². The molecule has 5 nitrogen and oxygen atoms in total. The van der Waals surface area contributed by atoms with Crippen LogP contribution in [0.15, 0.2) is 9.95 Å². The summed E-state index contributed by atoms with van der Waals surface area (Å²) in [5, 5.41) is 11.7. The molecule has 0 amide bonds. The van der Waals surface area contributed by atoms with Crippen LogP contribution in [0.5, 0.6) is 0 Å². The lowest BCUT2D eigenvalue weighted by Crippen LogP contribution is -2.40. The molecule has 1 aromatic rings. The van der Waals surface area contributed by atoms with Crippen molar-refractivity contribution >= 4 is 11.8 Å². The monoisotopic (exact) mass is 284 g/mol. The molecule has 2 rings (SSSR count). The number of thioether (sulfide) groups is 1. The number of hydrogen-bond acceptors (Lipinski definition) is 4. The number of aromatic nitrogens is 3. The van der Waals surface area contributed by atoms with Crippen molar-refractivity contribution in [2.45, 2.75) is 68.9 Å². The fourth-order valence-corrected chi connectivity index (χ4v) is 4.03. The zero-order chi connectivity index (χ0) is 13.7. The first-order valence-corrected chi connectivity index (χ1v) is 8.19. The van der Waals surface area contributed by atoms with E-state index in [1.807, 2.05) is 0 Å². The first-order valence-electron chi connectivity index (χ1n) is 7.31. The fourth-order valence-electron chi connectivity index (χ4n) is 2.68. The molecule has 2 unspecified atom stereocenters. The molecule has 108 valence electrons. The summed E-state index contributed by atoms with van der Waals surface area (Å²) in [7, 11) is 0. The van der Waals surface area contributed by atoms with Crippen LogP contribution in [-0.2, 0) is 6.54 Å². The van der Waals surface area contributed by atoms with E-state index in [1.165, 1.54) is 25.7 Å². The van der Waals surface area contributed by atoms with Gasteiger partial charge in [-0.15, -0.1) is 5.10 Å². The van der Waals surface area contributed by atoms with Gasteiger partial charge >= 0.3 is 5.69 Å². The molecule has 1 heterocycles. The van der Waals surface area contributed by atoms with Gasteiger partial charge in [0.15, 0.2) is 5.16 Å². The van der Waals surface area contributed by atoms with E-state index >= 15 is 0 Å². The van der Waals surface area contributed by atoms with Gasteiger partial charge in [0.25, 0.3) is 0 Å². The van der Waals surface area contributed by atoms with Crippen LogP contribution in [0.4, 0.5) is 0 Å². The van der Waals surface area contributed by atoms with Gasteiger partial charge < -0.3 is 5.32 Å². The van der Waals surface area contributed by atoms with Crippen molar-refractivity contribution in [3.63, 3.8) is 0 Å². The highest BCUT2D eigenvalue weighted by atomic mass is 32.2. The van der Waals surface area contributed by atoms with Gasteiger partial charge in [-0.1, -0.05) is 38.5 Å². The molecule has 1 aliphatic carbocycles. The first-order chi connectivity index (χ1) is 9.26. The minimum Gasteiger partial charge on any atom is -0.313 e. The second kappa shape index (κ2) is 7.14. The summed E-state index contributed by atoms with van der Waals surface area (Å²) < 4.78 is 1.77. The standard InChI is InChI=1S/C13H24N4OS/c1-3-9-17-12(18)15-16-13(17)19-11-8-6-5-7-10(11)14-4-2/h10-11,14H,3-9H2,1-2H3,(H,15,18). The Morgan fingerprint density at radius 3 is 2.95 bits per heavy atom. The van der Waals surface area contributed by atoms with E-state index in [0.29, 0.717) is 11.3 Å². The van der Waals surface area contributed by atoms with Crippen molar-refractivity contribution in [1.82, 2.24) is 20.1 Å². The zero-order valence-corrected chi connectivity index (χ0v) is 12.6. The average Bonchev–Trinajstić information content (AvgIpc) is 2.75. The highest BCUT2D eigenvalue weighted by Crippen LogP contribution is 2.32. The maximum atomic E-state index is 11.7. The Balaban J connectivity index is 2.08. The summed E-state index contributed by atoms with van der Waals surface area (Å²) in [6.45, 7) is 5.98. The molecule has 1 aliphatic rings. The summed E-state index contributed by atoms with van der Waals surface area (Å²) in [4.78, 5) is 11.7.